The molecule has 0 atom stereocenters. The molecule has 28 heavy (non-hydrogen) atoms. The molecule has 0 aromatic heterocycles. The van der Waals surface area contributed by atoms with Gasteiger partial charge in [0, 0.05) is 11.3 Å². The predicted molar refractivity (Wildman–Crippen MR) is 109 cm³/mol. The first kappa shape index (κ1) is 20.1. The molecule has 1 N–H and O–H groups in total. The second kappa shape index (κ2) is 8.16. The van der Waals surface area contributed by atoms with E-state index in [-0.39, 0.29) is 15.5 Å². The average Bonchev–Trinajstić information content (AvgIpc) is 2.88. The monoisotopic (exact) mass is 418 g/mol. The Kier molecular flexibility index (Phi) is 5.86. The lowest BCUT2D eigenvalue weighted by molar-refractivity contribution is -0.127. The zero-order chi connectivity index (χ0) is 20.4. The lowest BCUT2D eigenvalue weighted by Crippen LogP contribution is -2.36. The Morgan fingerprint density at radius 2 is 2.00 bits per heavy atom. The Bertz CT molecular complexity index is 1000. The van der Waals surface area contributed by atoms with Crippen LogP contribution in [-0.4, -0.2) is 28.5 Å². The minimum atomic E-state index is -0.662. The molecule has 0 unspecified atom stereocenters. The van der Waals surface area contributed by atoms with Crippen LogP contribution in [0, 0.1) is 19.7 Å². The van der Waals surface area contributed by atoms with Gasteiger partial charge < -0.3 is 5.32 Å². The summed E-state index contributed by atoms with van der Waals surface area (Å²) in [7, 11) is 0. The highest BCUT2D eigenvalue weighted by atomic mass is 35.5. The zero-order valence-corrected chi connectivity index (χ0v) is 16.7. The summed E-state index contributed by atoms with van der Waals surface area (Å²) in [4.78, 5) is 37.8. The van der Waals surface area contributed by atoms with E-state index in [0.29, 0.717) is 17.4 Å². The van der Waals surface area contributed by atoms with E-state index >= 15 is 0 Å². The van der Waals surface area contributed by atoms with Crippen LogP contribution in [-0.2, 0) is 9.59 Å². The Balaban J connectivity index is 1.75. The van der Waals surface area contributed by atoms with Gasteiger partial charge in [-0.25, -0.2) is 4.39 Å². The lowest BCUT2D eigenvalue weighted by Gasteiger charge is -2.14. The Hall–Kier alpha value is -2.64. The highest BCUT2D eigenvalue weighted by molar-refractivity contribution is 8.18. The average molecular weight is 419 g/mol. The smallest absolute Gasteiger partial charge is 0.294 e. The number of hydrogen-bond donors (Lipinski definition) is 1. The van der Waals surface area contributed by atoms with Gasteiger partial charge in [0.05, 0.1) is 9.93 Å². The summed E-state index contributed by atoms with van der Waals surface area (Å²) >= 11 is 6.60. The molecular weight excluding hydrogens is 403 g/mol. The first-order valence-corrected chi connectivity index (χ1v) is 9.52. The van der Waals surface area contributed by atoms with Gasteiger partial charge in [0.25, 0.3) is 11.1 Å². The fourth-order valence-electron chi connectivity index (χ4n) is 2.70. The predicted octanol–water partition coefficient (Wildman–Crippen LogP) is 4.77. The topological polar surface area (TPSA) is 66.5 Å². The summed E-state index contributed by atoms with van der Waals surface area (Å²) in [6.45, 7) is 3.36. The molecule has 3 rings (SSSR count). The van der Waals surface area contributed by atoms with E-state index < -0.39 is 29.4 Å². The van der Waals surface area contributed by atoms with E-state index in [9.17, 15) is 18.8 Å². The molecule has 0 radical (unpaired) electrons. The molecule has 2 aromatic rings. The van der Waals surface area contributed by atoms with Gasteiger partial charge in [-0.3, -0.25) is 19.3 Å². The third-order valence-electron chi connectivity index (χ3n) is 4.11. The van der Waals surface area contributed by atoms with Crippen molar-refractivity contribution in [2.75, 3.05) is 11.9 Å². The van der Waals surface area contributed by atoms with Crippen molar-refractivity contribution in [3.05, 3.63) is 68.8 Å². The summed E-state index contributed by atoms with van der Waals surface area (Å²) in [6, 6.07) is 9.66. The van der Waals surface area contributed by atoms with Gasteiger partial charge in [-0.05, 0) is 55.4 Å². The fraction of sp³-hybridized carbons (Fsp3) is 0.150. The number of nitrogens with one attached hydrogen (secondary N) is 1. The van der Waals surface area contributed by atoms with Crippen molar-refractivity contribution in [1.82, 2.24) is 4.90 Å². The van der Waals surface area contributed by atoms with Gasteiger partial charge in [0.1, 0.15) is 12.4 Å². The molecule has 0 bridgehead atoms. The number of hydrogen-bond acceptors (Lipinski definition) is 4. The largest absolute Gasteiger partial charge is 0.324 e. The van der Waals surface area contributed by atoms with Crippen molar-refractivity contribution in [3.8, 4) is 0 Å². The first-order valence-electron chi connectivity index (χ1n) is 8.32. The van der Waals surface area contributed by atoms with Gasteiger partial charge in [0.2, 0.25) is 5.91 Å². The van der Waals surface area contributed by atoms with Gasteiger partial charge in [0.15, 0.2) is 0 Å². The number of carbonyl (C=O) groups excluding carboxylic acids is 3. The van der Waals surface area contributed by atoms with Crippen LogP contribution in [0.25, 0.3) is 6.08 Å². The molecule has 3 amide bonds. The van der Waals surface area contributed by atoms with Crippen molar-refractivity contribution in [2.45, 2.75) is 13.8 Å². The second-order valence-corrected chi connectivity index (χ2v) is 7.67. The minimum absolute atomic E-state index is 0.0105. The standard InChI is InChI=1S/C20H16ClFN2O3S/c1-11-6-7-16(12(2)8-11)23-18(25)10-24-19(26)17(28-20(24)27)9-13-14(21)4-3-5-15(13)22/h3-9H,10H2,1-2H3,(H,23,25)/b17-9-. The quantitative estimate of drug-likeness (QED) is 0.726. The van der Waals surface area contributed by atoms with E-state index in [4.69, 9.17) is 11.6 Å². The zero-order valence-electron chi connectivity index (χ0n) is 15.1. The molecule has 144 valence electrons. The lowest BCUT2D eigenvalue weighted by atomic mass is 10.1. The third kappa shape index (κ3) is 4.26. The van der Waals surface area contributed by atoms with Gasteiger partial charge in [-0.1, -0.05) is 35.4 Å². The molecule has 1 saturated heterocycles. The molecule has 1 fully saturated rings. The number of anilines is 1. The number of imide groups is 1. The van der Waals surface area contributed by atoms with Crippen LogP contribution in [0.4, 0.5) is 14.9 Å². The van der Waals surface area contributed by atoms with Crippen LogP contribution in [0.3, 0.4) is 0 Å². The van der Waals surface area contributed by atoms with Gasteiger partial charge in [-0.15, -0.1) is 0 Å². The SMILES string of the molecule is Cc1ccc(NC(=O)CN2C(=O)S/C(=C\c3c(F)cccc3Cl)C2=O)c(C)c1. The van der Waals surface area contributed by atoms with Crippen molar-refractivity contribution in [1.29, 1.82) is 0 Å². The first-order chi connectivity index (χ1) is 13.3. The van der Waals surface area contributed by atoms with Crippen LogP contribution < -0.4 is 5.32 Å². The maximum atomic E-state index is 13.9. The summed E-state index contributed by atoms with van der Waals surface area (Å²) < 4.78 is 13.9. The highest BCUT2D eigenvalue weighted by Gasteiger charge is 2.36. The number of rotatable bonds is 4. The Labute approximate surface area is 170 Å². The van der Waals surface area contributed by atoms with Crippen molar-refractivity contribution in [3.63, 3.8) is 0 Å². The van der Waals surface area contributed by atoms with Crippen LogP contribution in [0.2, 0.25) is 5.02 Å². The van der Waals surface area contributed by atoms with E-state index in [1.54, 1.807) is 6.07 Å². The summed E-state index contributed by atoms with van der Waals surface area (Å²) in [6.07, 6.45) is 1.23. The van der Waals surface area contributed by atoms with Gasteiger partial charge in [-0.2, -0.15) is 0 Å². The van der Waals surface area contributed by atoms with Crippen LogP contribution >= 0.6 is 23.4 Å². The van der Waals surface area contributed by atoms with E-state index in [1.165, 1.54) is 24.3 Å². The second-order valence-electron chi connectivity index (χ2n) is 6.27. The van der Waals surface area contributed by atoms with Gasteiger partial charge >= 0.3 is 0 Å². The molecule has 0 saturated carbocycles. The van der Waals surface area contributed by atoms with Crippen molar-refractivity contribution >= 4 is 52.2 Å². The Morgan fingerprint density at radius 1 is 1.25 bits per heavy atom. The molecule has 1 aliphatic heterocycles. The van der Waals surface area contributed by atoms with E-state index in [2.05, 4.69) is 5.32 Å². The van der Waals surface area contributed by atoms with Crippen LogP contribution in [0.15, 0.2) is 41.3 Å². The molecule has 2 aromatic carbocycles. The maximum Gasteiger partial charge on any atom is 0.294 e. The number of thioether (sulfide) groups is 1. The molecule has 0 aliphatic carbocycles. The number of benzene rings is 2. The molecule has 8 heteroatoms. The maximum absolute atomic E-state index is 13.9. The number of halogens is 2. The highest BCUT2D eigenvalue weighted by Crippen LogP contribution is 2.34. The van der Waals surface area contributed by atoms with Crippen molar-refractivity contribution < 1.29 is 18.8 Å². The summed E-state index contributed by atoms with van der Waals surface area (Å²) in [5, 5.41) is 2.22. The molecule has 1 heterocycles. The van der Waals surface area contributed by atoms with E-state index in [1.807, 2.05) is 26.0 Å². The number of carbonyl (C=O) groups is 3. The van der Waals surface area contributed by atoms with Crippen LogP contribution in [0.5, 0.6) is 0 Å². The number of amides is 3. The minimum Gasteiger partial charge on any atom is -0.324 e. The number of nitrogens with zero attached hydrogens (tertiary/aromatic N) is 1. The molecule has 1 aliphatic rings. The molecule has 5 nitrogen and oxygen atoms in total. The van der Waals surface area contributed by atoms with Crippen molar-refractivity contribution in [2.24, 2.45) is 0 Å². The normalized spacial score (nSPS) is 15.4. The van der Waals surface area contributed by atoms with E-state index in [0.717, 1.165) is 16.0 Å². The number of aryl methyl sites for hydroxylation is 2. The third-order valence-corrected chi connectivity index (χ3v) is 5.34. The summed E-state index contributed by atoms with van der Waals surface area (Å²) in [5.41, 5.74) is 2.56. The summed E-state index contributed by atoms with van der Waals surface area (Å²) in [5.74, 6) is -1.77. The molecule has 0 spiro atoms. The van der Waals surface area contributed by atoms with Crippen LogP contribution in [0.1, 0.15) is 16.7 Å². The Morgan fingerprint density at radius 3 is 2.68 bits per heavy atom. The fourth-order valence-corrected chi connectivity index (χ4v) is 3.74. The molecular formula is C20H16ClFN2O3S.